The summed E-state index contributed by atoms with van der Waals surface area (Å²) in [7, 11) is 0. The van der Waals surface area contributed by atoms with Gasteiger partial charge in [-0.05, 0) is 43.2 Å². The molecule has 0 aliphatic heterocycles. The lowest BCUT2D eigenvalue weighted by Gasteiger charge is -2.23. The molecule has 6 nitrogen and oxygen atoms in total. The van der Waals surface area contributed by atoms with Gasteiger partial charge in [0.25, 0.3) is 0 Å². The quantitative estimate of drug-likeness (QED) is 0.569. The number of carbonyl (C=O) groups excluding carboxylic acids is 1. The summed E-state index contributed by atoms with van der Waals surface area (Å²) in [5.74, 6) is 0.321. The van der Waals surface area contributed by atoms with E-state index < -0.39 is 6.03 Å². The van der Waals surface area contributed by atoms with Crippen LogP contribution in [-0.4, -0.2) is 16.2 Å². The average molecular weight is 397 g/mol. The number of rotatable bonds is 7. The van der Waals surface area contributed by atoms with Gasteiger partial charge < -0.3 is 10.3 Å². The zero-order valence-corrected chi connectivity index (χ0v) is 17.1. The molecule has 2 N–H and O–H groups in total. The van der Waals surface area contributed by atoms with Crippen molar-refractivity contribution in [2.24, 2.45) is 5.73 Å². The molecule has 0 unspecified atom stereocenters. The molecule has 1 aromatic carbocycles. The SMILES string of the molecule is CCC(C)(CC)c1cc(N(C(N)=O)c2cccc(Sc3ccncc3)c2)on1. The molecule has 0 aliphatic carbocycles. The first-order valence-electron chi connectivity index (χ1n) is 9.21. The minimum atomic E-state index is -0.622. The molecule has 7 heteroatoms. The van der Waals surface area contributed by atoms with Gasteiger partial charge in [-0.15, -0.1) is 0 Å². The molecule has 3 aromatic rings. The van der Waals surface area contributed by atoms with Crippen molar-refractivity contribution in [1.29, 1.82) is 0 Å². The van der Waals surface area contributed by atoms with Crippen molar-refractivity contribution >= 4 is 29.4 Å². The van der Waals surface area contributed by atoms with E-state index >= 15 is 0 Å². The number of anilines is 2. The summed E-state index contributed by atoms with van der Waals surface area (Å²) < 4.78 is 5.51. The highest BCUT2D eigenvalue weighted by Gasteiger charge is 2.29. The Labute approximate surface area is 169 Å². The first-order chi connectivity index (χ1) is 13.5. The zero-order chi connectivity index (χ0) is 20.1. The number of primary amides is 1. The standard InChI is InChI=1S/C21H24N4O2S/c1-4-21(3,5-2)18-14-19(27-24-18)25(20(22)26)15-7-6-8-17(13-15)28-16-9-11-23-12-10-16/h6-14H,4-5H2,1-3H3,(H2,22,26). The van der Waals surface area contributed by atoms with Crippen molar-refractivity contribution in [1.82, 2.24) is 10.1 Å². The van der Waals surface area contributed by atoms with Gasteiger partial charge in [0.15, 0.2) is 0 Å². The van der Waals surface area contributed by atoms with Crippen LogP contribution >= 0.6 is 11.8 Å². The van der Waals surface area contributed by atoms with Crippen LogP contribution in [-0.2, 0) is 5.41 Å². The highest BCUT2D eigenvalue weighted by atomic mass is 32.2. The fraction of sp³-hybridized carbons (Fsp3) is 0.286. The second kappa shape index (κ2) is 8.48. The lowest BCUT2D eigenvalue weighted by Crippen LogP contribution is -2.31. The number of hydrogen-bond donors (Lipinski definition) is 1. The third-order valence-corrected chi connectivity index (χ3v) is 6.08. The molecule has 0 bridgehead atoms. The number of amides is 2. The van der Waals surface area contributed by atoms with Gasteiger partial charge >= 0.3 is 6.03 Å². The smallest absolute Gasteiger partial charge is 0.326 e. The second-order valence-corrected chi connectivity index (χ2v) is 7.92. The molecule has 0 fully saturated rings. The van der Waals surface area contributed by atoms with Gasteiger partial charge in [0.05, 0.1) is 11.4 Å². The molecule has 0 radical (unpaired) electrons. The second-order valence-electron chi connectivity index (χ2n) is 6.77. The van der Waals surface area contributed by atoms with Gasteiger partial charge in [0.2, 0.25) is 5.88 Å². The van der Waals surface area contributed by atoms with Crippen molar-refractivity contribution < 1.29 is 9.32 Å². The van der Waals surface area contributed by atoms with E-state index in [4.69, 9.17) is 10.3 Å². The summed E-state index contributed by atoms with van der Waals surface area (Å²) in [4.78, 5) is 19.6. The van der Waals surface area contributed by atoms with Crippen LogP contribution in [0.15, 0.2) is 69.2 Å². The fourth-order valence-electron chi connectivity index (χ4n) is 2.86. The molecule has 2 amide bonds. The number of nitrogens with zero attached hydrogens (tertiary/aromatic N) is 3. The predicted octanol–water partition coefficient (Wildman–Crippen LogP) is 5.52. The Kier molecular flexibility index (Phi) is 6.04. The molecule has 2 heterocycles. The van der Waals surface area contributed by atoms with E-state index in [1.807, 2.05) is 36.4 Å². The van der Waals surface area contributed by atoms with Crippen LogP contribution < -0.4 is 10.6 Å². The van der Waals surface area contributed by atoms with Gasteiger partial charge in [-0.3, -0.25) is 4.98 Å². The van der Waals surface area contributed by atoms with Crippen LogP contribution in [0.4, 0.5) is 16.4 Å². The monoisotopic (exact) mass is 396 g/mol. The summed E-state index contributed by atoms with van der Waals surface area (Å²) >= 11 is 1.58. The van der Waals surface area contributed by atoms with Crippen molar-refractivity contribution in [3.63, 3.8) is 0 Å². The number of hydrogen-bond acceptors (Lipinski definition) is 5. The number of pyridine rings is 1. The normalized spacial score (nSPS) is 11.4. The molecular formula is C21H24N4O2S. The van der Waals surface area contributed by atoms with Crippen molar-refractivity contribution in [3.05, 3.63) is 60.6 Å². The number of carbonyl (C=O) groups is 1. The Morgan fingerprint density at radius 1 is 1.14 bits per heavy atom. The molecule has 2 aromatic heterocycles. The Balaban J connectivity index is 1.92. The third-order valence-electron chi connectivity index (χ3n) is 5.08. The van der Waals surface area contributed by atoms with E-state index in [1.54, 1.807) is 30.2 Å². The van der Waals surface area contributed by atoms with Gasteiger partial charge in [0, 0.05) is 33.7 Å². The molecule has 0 atom stereocenters. The van der Waals surface area contributed by atoms with E-state index in [2.05, 4.69) is 30.9 Å². The largest absolute Gasteiger partial charge is 0.351 e. The van der Waals surface area contributed by atoms with Crippen LogP contribution in [0.3, 0.4) is 0 Å². The number of benzene rings is 1. The van der Waals surface area contributed by atoms with E-state index in [0.717, 1.165) is 28.3 Å². The molecule has 3 rings (SSSR count). The third kappa shape index (κ3) is 4.20. The minimum Gasteiger partial charge on any atom is -0.351 e. The maximum Gasteiger partial charge on any atom is 0.326 e. The Morgan fingerprint density at radius 3 is 2.50 bits per heavy atom. The van der Waals surface area contributed by atoms with E-state index in [0.29, 0.717) is 11.6 Å². The summed E-state index contributed by atoms with van der Waals surface area (Å²) in [6.07, 6.45) is 5.33. The lowest BCUT2D eigenvalue weighted by molar-refractivity contribution is 0.254. The number of aromatic nitrogens is 2. The van der Waals surface area contributed by atoms with Gasteiger partial charge in [0.1, 0.15) is 0 Å². The molecular weight excluding hydrogens is 372 g/mol. The van der Waals surface area contributed by atoms with Crippen LogP contribution in [0.5, 0.6) is 0 Å². The highest BCUT2D eigenvalue weighted by Crippen LogP contribution is 2.36. The zero-order valence-electron chi connectivity index (χ0n) is 16.3. The molecule has 0 spiro atoms. The summed E-state index contributed by atoms with van der Waals surface area (Å²) in [5.41, 5.74) is 7.01. The number of urea groups is 1. The van der Waals surface area contributed by atoms with Gasteiger partial charge in [-0.1, -0.05) is 43.8 Å². The van der Waals surface area contributed by atoms with Crippen LogP contribution in [0, 0.1) is 0 Å². The van der Waals surface area contributed by atoms with Gasteiger partial charge in [-0.2, -0.15) is 0 Å². The van der Waals surface area contributed by atoms with Crippen molar-refractivity contribution in [3.8, 4) is 0 Å². The maximum atomic E-state index is 12.2. The van der Waals surface area contributed by atoms with Crippen LogP contribution in [0.2, 0.25) is 0 Å². The van der Waals surface area contributed by atoms with E-state index in [-0.39, 0.29) is 5.41 Å². The Hall–Kier alpha value is -2.80. The van der Waals surface area contributed by atoms with Crippen molar-refractivity contribution in [2.45, 2.75) is 48.8 Å². The van der Waals surface area contributed by atoms with E-state index in [1.165, 1.54) is 4.90 Å². The molecule has 0 saturated heterocycles. The fourth-order valence-corrected chi connectivity index (χ4v) is 3.72. The van der Waals surface area contributed by atoms with Gasteiger partial charge in [-0.25, -0.2) is 9.69 Å². The molecule has 0 aliphatic rings. The summed E-state index contributed by atoms with van der Waals surface area (Å²) in [6.45, 7) is 6.36. The first-order valence-corrected chi connectivity index (χ1v) is 10.0. The van der Waals surface area contributed by atoms with Crippen LogP contribution in [0.25, 0.3) is 0 Å². The number of nitrogens with two attached hydrogens (primary N) is 1. The topological polar surface area (TPSA) is 85.2 Å². The molecule has 146 valence electrons. The van der Waals surface area contributed by atoms with E-state index in [9.17, 15) is 4.79 Å². The molecule has 28 heavy (non-hydrogen) atoms. The maximum absolute atomic E-state index is 12.2. The van der Waals surface area contributed by atoms with Crippen molar-refractivity contribution in [2.75, 3.05) is 4.90 Å². The van der Waals surface area contributed by atoms with Crippen LogP contribution in [0.1, 0.15) is 39.3 Å². The average Bonchev–Trinajstić information content (AvgIpc) is 3.18. The Bertz CT molecular complexity index is 938. The Morgan fingerprint density at radius 2 is 1.86 bits per heavy atom. The first kappa shape index (κ1) is 19.9. The lowest BCUT2D eigenvalue weighted by atomic mass is 9.81. The summed E-state index contributed by atoms with van der Waals surface area (Å²) in [6, 6.07) is 12.6. The predicted molar refractivity (Wildman–Crippen MR) is 111 cm³/mol. The highest BCUT2D eigenvalue weighted by molar-refractivity contribution is 7.99. The minimum absolute atomic E-state index is 0.107. The molecule has 0 saturated carbocycles. The summed E-state index contributed by atoms with van der Waals surface area (Å²) in [5, 5.41) is 4.21.